The Morgan fingerprint density at radius 1 is 1.08 bits per heavy atom. The molecule has 1 atom stereocenters. The number of para-hydroxylation sites is 1. The van der Waals surface area contributed by atoms with Crippen LogP contribution >= 0.6 is 0 Å². The normalized spacial score (nSPS) is 13.6. The van der Waals surface area contributed by atoms with Crippen molar-refractivity contribution in [3.05, 3.63) is 83.9 Å². The second-order valence-corrected chi connectivity index (χ2v) is 5.97. The number of benzene rings is 2. The molecule has 24 heavy (non-hydrogen) atoms. The lowest BCUT2D eigenvalue weighted by molar-refractivity contribution is 0.0565. The van der Waals surface area contributed by atoms with Gasteiger partial charge in [0, 0.05) is 19.3 Å². The van der Waals surface area contributed by atoms with Gasteiger partial charge < -0.3 is 10.4 Å². The van der Waals surface area contributed by atoms with Gasteiger partial charge in [0.25, 0.3) is 0 Å². The zero-order chi connectivity index (χ0) is 17.0. The fraction of sp³-hybridized carbons (Fsp3) is 0.211. The van der Waals surface area contributed by atoms with Crippen LogP contribution < -0.4 is 5.32 Å². The van der Waals surface area contributed by atoms with Gasteiger partial charge in [-0.25, -0.2) is 9.07 Å². The first-order valence-electron chi connectivity index (χ1n) is 7.84. The molecule has 0 bridgehead atoms. The summed E-state index contributed by atoms with van der Waals surface area (Å²) < 4.78 is 14.8. The van der Waals surface area contributed by atoms with Gasteiger partial charge in [-0.05, 0) is 42.8 Å². The van der Waals surface area contributed by atoms with E-state index in [1.54, 1.807) is 19.1 Å². The van der Waals surface area contributed by atoms with Gasteiger partial charge in [-0.2, -0.15) is 5.10 Å². The lowest BCUT2D eigenvalue weighted by Gasteiger charge is -2.24. The van der Waals surface area contributed by atoms with Crippen LogP contribution in [0.25, 0.3) is 5.69 Å². The molecule has 0 amide bonds. The molecule has 3 rings (SSSR count). The van der Waals surface area contributed by atoms with Gasteiger partial charge in [0.05, 0.1) is 17.0 Å². The maximum atomic E-state index is 13.0. The number of nitrogens with one attached hydrogen (secondary N) is 1. The minimum Gasteiger partial charge on any atom is -0.384 e. The lowest BCUT2D eigenvalue weighted by atomic mass is 9.96. The van der Waals surface area contributed by atoms with Crippen molar-refractivity contribution in [1.29, 1.82) is 0 Å². The van der Waals surface area contributed by atoms with Crippen molar-refractivity contribution >= 4 is 0 Å². The molecule has 0 saturated heterocycles. The standard InChI is InChI=1S/C19H20FN3O/c1-19(24,15-7-9-16(20)10-8-15)14-21-13-17-11-12-23(22-17)18-5-3-2-4-6-18/h2-12,21,24H,13-14H2,1H3. The number of aliphatic hydroxyl groups is 1. The van der Waals surface area contributed by atoms with Crippen molar-refractivity contribution < 1.29 is 9.50 Å². The summed E-state index contributed by atoms with van der Waals surface area (Å²) in [5.41, 5.74) is 1.48. The molecule has 0 fully saturated rings. The number of nitrogens with zero attached hydrogens (tertiary/aromatic N) is 2. The highest BCUT2D eigenvalue weighted by atomic mass is 19.1. The monoisotopic (exact) mass is 325 g/mol. The maximum Gasteiger partial charge on any atom is 0.123 e. The van der Waals surface area contributed by atoms with Crippen LogP contribution in [0.5, 0.6) is 0 Å². The molecule has 0 aliphatic carbocycles. The Balaban J connectivity index is 1.58. The molecule has 0 saturated carbocycles. The highest BCUT2D eigenvalue weighted by Gasteiger charge is 2.22. The third kappa shape index (κ3) is 3.88. The van der Waals surface area contributed by atoms with E-state index < -0.39 is 5.60 Å². The van der Waals surface area contributed by atoms with E-state index in [-0.39, 0.29) is 5.82 Å². The molecule has 4 nitrogen and oxygen atoms in total. The van der Waals surface area contributed by atoms with Crippen LogP contribution in [0.3, 0.4) is 0 Å². The van der Waals surface area contributed by atoms with E-state index in [9.17, 15) is 9.50 Å². The molecule has 3 aromatic rings. The fourth-order valence-electron chi connectivity index (χ4n) is 2.53. The Morgan fingerprint density at radius 3 is 2.50 bits per heavy atom. The van der Waals surface area contributed by atoms with Crippen molar-refractivity contribution in [3.8, 4) is 5.69 Å². The van der Waals surface area contributed by atoms with E-state index in [2.05, 4.69) is 10.4 Å². The second-order valence-electron chi connectivity index (χ2n) is 5.97. The molecular formula is C19H20FN3O. The van der Waals surface area contributed by atoms with Crippen molar-refractivity contribution in [1.82, 2.24) is 15.1 Å². The highest BCUT2D eigenvalue weighted by Crippen LogP contribution is 2.20. The predicted molar refractivity (Wildman–Crippen MR) is 91.2 cm³/mol. The Morgan fingerprint density at radius 2 is 1.79 bits per heavy atom. The van der Waals surface area contributed by atoms with Crippen molar-refractivity contribution in [2.75, 3.05) is 6.54 Å². The molecule has 2 N–H and O–H groups in total. The van der Waals surface area contributed by atoms with Crippen LogP contribution in [0.1, 0.15) is 18.2 Å². The summed E-state index contributed by atoms with van der Waals surface area (Å²) in [6, 6.07) is 17.7. The second kappa shape index (κ2) is 6.95. The third-order valence-electron chi connectivity index (χ3n) is 3.91. The zero-order valence-electron chi connectivity index (χ0n) is 13.5. The summed E-state index contributed by atoms with van der Waals surface area (Å²) >= 11 is 0. The minimum absolute atomic E-state index is 0.311. The van der Waals surface area contributed by atoms with Crippen LogP contribution in [0.2, 0.25) is 0 Å². The SMILES string of the molecule is CC(O)(CNCc1ccn(-c2ccccc2)n1)c1ccc(F)cc1. The largest absolute Gasteiger partial charge is 0.384 e. The van der Waals surface area contributed by atoms with Gasteiger partial charge in [-0.1, -0.05) is 30.3 Å². The Kier molecular flexibility index (Phi) is 4.74. The molecule has 1 aromatic heterocycles. The Bertz CT molecular complexity index is 782. The minimum atomic E-state index is -1.07. The first kappa shape index (κ1) is 16.4. The molecule has 5 heteroatoms. The molecular weight excluding hydrogens is 305 g/mol. The van der Waals surface area contributed by atoms with E-state index in [1.165, 1.54) is 12.1 Å². The van der Waals surface area contributed by atoms with E-state index in [0.29, 0.717) is 18.7 Å². The third-order valence-corrected chi connectivity index (χ3v) is 3.91. The van der Waals surface area contributed by atoms with Gasteiger partial charge in [0.15, 0.2) is 0 Å². The summed E-state index contributed by atoms with van der Waals surface area (Å²) in [6.07, 6.45) is 1.91. The van der Waals surface area contributed by atoms with Crippen LogP contribution in [0.4, 0.5) is 4.39 Å². The summed E-state index contributed by atoms with van der Waals surface area (Å²) in [5, 5.41) is 18.2. The summed E-state index contributed by atoms with van der Waals surface area (Å²) in [7, 11) is 0. The van der Waals surface area contributed by atoms with Crippen LogP contribution in [0.15, 0.2) is 66.9 Å². The Labute approximate surface area is 140 Å². The van der Waals surface area contributed by atoms with Gasteiger partial charge in [0.1, 0.15) is 5.82 Å². The van der Waals surface area contributed by atoms with E-state index in [0.717, 1.165) is 11.4 Å². The molecule has 0 spiro atoms. The van der Waals surface area contributed by atoms with Gasteiger partial charge >= 0.3 is 0 Å². The quantitative estimate of drug-likeness (QED) is 0.732. The lowest BCUT2D eigenvalue weighted by Crippen LogP contribution is -2.35. The molecule has 2 aromatic carbocycles. The van der Waals surface area contributed by atoms with Gasteiger partial charge in [0.2, 0.25) is 0 Å². The average Bonchev–Trinajstić information content (AvgIpc) is 3.05. The van der Waals surface area contributed by atoms with Crippen molar-refractivity contribution in [2.24, 2.45) is 0 Å². The van der Waals surface area contributed by atoms with Crippen molar-refractivity contribution in [2.45, 2.75) is 19.1 Å². The summed E-state index contributed by atoms with van der Waals surface area (Å²) in [4.78, 5) is 0. The first-order chi connectivity index (χ1) is 11.5. The number of hydrogen-bond donors (Lipinski definition) is 2. The predicted octanol–water partition coefficient (Wildman–Crippen LogP) is 3.01. The van der Waals surface area contributed by atoms with Gasteiger partial charge in [-0.3, -0.25) is 0 Å². The van der Waals surface area contributed by atoms with Crippen LogP contribution in [-0.4, -0.2) is 21.4 Å². The van der Waals surface area contributed by atoms with E-state index in [1.807, 2.05) is 47.3 Å². The van der Waals surface area contributed by atoms with Crippen LogP contribution in [-0.2, 0) is 12.1 Å². The summed E-state index contributed by atoms with van der Waals surface area (Å²) in [5.74, 6) is -0.311. The average molecular weight is 325 g/mol. The number of rotatable bonds is 6. The molecule has 0 radical (unpaired) electrons. The van der Waals surface area contributed by atoms with Gasteiger partial charge in [-0.15, -0.1) is 0 Å². The number of hydrogen-bond acceptors (Lipinski definition) is 3. The molecule has 1 unspecified atom stereocenters. The number of aromatic nitrogens is 2. The smallest absolute Gasteiger partial charge is 0.123 e. The molecule has 124 valence electrons. The molecule has 1 heterocycles. The van der Waals surface area contributed by atoms with E-state index in [4.69, 9.17) is 0 Å². The zero-order valence-corrected chi connectivity index (χ0v) is 13.5. The fourth-order valence-corrected chi connectivity index (χ4v) is 2.53. The molecule has 0 aliphatic rings. The summed E-state index contributed by atoms with van der Waals surface area (Å²) in [6.45, 7) is 2.59. The topological polar surface area (TPSA) is 50.1 Å². The Hall–Kier alpha value is -2.50. The maximum absolute atomic E-state index is 13.0. The van der Waals surface area contributed by atoms with Crippen molar-refractivity contribution in [3.63, 3.8) is 0 Å². The highest BCUT2D eigenvalue weighted by molar-refractivity contribution is 5.30. The number of halogens is 1. The van der Waals surface area contributed by atoms with Crippen LogP contribution in [0, 0.1) is 5.82 Å². The van der Waals surface area contributed by atoms with E-state index >= 15 is 0 Å². The first-order valence-corrected chi connectivity index (χ1v) is 7.84. The molecule has 0 aliphatic heterocycles.